The normalized spacial score (nSPS) is 23.5. The van der Waals surface area contributed by atoms with Gasteiger partial charge >= 0.3 is 0 Å². The molecular formula is C25H22FN3O4. The number of ether oxygens (including phenoxy) is 1. The van der Waals surface area contributed by atoms with Crippen LogP contribution in [0.5, 0.6) is 11.5 Å². The van der Waals surface area contributed by atoms with Crippen molar-refractivity contribution in [3.05, 3.63) is 93.7 Å². The maximum Gasteiger partial charge on any atom is 0.277 e. The van der Waals surface area contributed by atoms with Crippen LogP contribution >= 0.6 is 0 Å². The van der Waals surface area contributed by atoms with E-state index in [0.717, 1.165) is 12.0 Å². The molecular weight excluding hydrogens is 425 g/mol. The van der Waals surface area contributed by atoms with E-state index in [1.165, 1.54) is 23.0 Å². The molecule has 6 rings (SSSR count). The fraction of sp³-hybridized carbons (Fsp3) is 0.280. The number of amides is 1. The molecule has 3 atom stereocenters. The van der Waals surface area contributed by atoms with E-state index in [4.69, 9.17) is 4.74 Å². The van der Waals surface area contributed by atoms with E-state index in [9.17, 15) is 14.7 Å². The number of halogens is 1. The average Bonchev–Trinajstić information content (AvgIpc) is 3.56. The van der Waals surface area contributed by atoms with Gasteiger partial charge in [0, 0.05) is 24.4 Å². The summed E-state index contributed by atoms with van der Waals surface area (Å²) in [5.74, 6) is -0.781. The van der Waals surface area contributed by atoms with E-state index in [1.807, 2.05) is 41.4 Å². The molecule has 1 fully saturated rings. The SMILES string of the molecule is O=C1c2c(O)c(=O)ccn2N2CN1C[C@@H]1CC1COc1c(F)cccc1[C@H]2c1ccccc1. The molecule has 1 amide bonds. The molecule has 2 bridgehead atoms. The third-order valence-corrected chi connectivity index (χ3v) is 6.81. The summed E-state index contributed by atoms with van der Waals surface area (Å²) in [5, 5.41) is 12.5. The summed E-state index contributed by atoms with van der Waals surface area (Å²) in [6.07, 6.45) is 2.37. The molecule has 1 aromatic heterocycles. The molecule has 0 spiro atoms. The van der Waals surface area contributed by atoms with Crippen molar-refractivity contribution in [1.29, 1.82) is 0 Å². The molecule has 0 saturated heterocycles. The van der Waals surface area contributed by atoms with Crippen molar-refractivity contribution in [2.75, 3.05) is 24.8 Å². The average molecular weight is 447 g/mol. The highest BCUT2D eigenvalue weighted by Crippen LogP contribution is 2.44. The second-order valence-corrected chi connectivity index (χ2v) is 8.87. The van der Waals surface area contributed by atoms with Gasteiger partial charge in [-0.1, -0.05) is 42.5 Å². The quantitative estimate of drug-likeness (QED) is 0.621. The Bertz CT molecular complexity index is 1310. The smallest absolute Gasteiger partial charge is 0.277 e. The van der Waals surface area contributed by atoms with Crippen LogP contribution in [0, 0.1) is 17.7 Å². The third kappa shape index (κ3) is 3.16. The zero-order valence-electron chi connectivity index (χ0n) is 17.7. The molecule has 3 aromatic rings. The fourth-order valence-corrected chi connectivity index (χ4v) is 4.99. The summed E-state index contributed by atoms with van der Waals surface area (Å²) in [5.41, 5.74) is 0.774. The maximum atomic E-state index is 15.1. The second kappa shape index (κ2) is 7.37. The molecule has 7 nitrogen and oxygen atoms in total. The Labute approximate surface area is 189 Å². The first-order valence-corrected chi connectivity index (χ1v) is 11.0. The second-order valence-electron chi connectivity index (χ2n) is 8.87. The molecule has 1 aliphatic carbocycles. The maximum absolute atomic E-state index is 15.1. The summed E-state index contributed by atoms with van der Waals surface area (Å²) in [7, 11) is 0. The van der Waals surface area contributed by atoms with E-state index in [2.05, 4.69) is 0 Å². The van der Waals surface area contributed by atoms with Gasteiger partial charge in [0.2, 0.25) is 5.43 Å². The molecule has 1 N–H and O–H groups in total. The van der Waals surface area contributed by atoms with Crippen molar-refractivity contribution >= 4 is 5.91 Å². The first-order chi connectivity index (χ1) is 16.0. The molecule has 1 saturated carbocycles. The number of fused-ring (bicyclic) bond motifs is 6. The van der Waals surface area contributed by atoms with Gasteiger partial charge in [0.25, 0.3) is 5.91 Å². The van der Waals surface area contributed by atoms with Gasteiger partial charge in [-0.3, -0.25) is 19.3 Å². The van der Waals surface area contributed by atoms with Crippen molar-refractivity contribution < 1.29 is 19.0 Å². The van der Waals surface area contributed by atoms with Crippen LogP contribution in [0.25, 0.3) is 0 Å². The largest absolute Gasteiger partial charge is 0.502 e. The summed E-state index contributed by atoms with van der Waals surface area (Å²) < 4.78 is 22.6. The minimum atomic E-state index is -0.615. The van der Waals surface area contributed by atoms with E-state index in [-0.39, 0.29) is 29.9 Å². The topological polar surface area (TPSA) is 75.0 Å². The number of hydrogen-bond donors (Lipinski definition) is 1. The number of benzene rings is 2. The van der Waals surface area contributed by atoms with Gasteiger partial charge in [-0.2, -0.15) is 0 Å². The lowest BCUT2D eigenvalue weighted by Gasteiger charge is -2.44. The third-order valence-electron chi connectivity index (χ3n) is 6.81. The number of nitrogens with zero attached hydrogens (tertiary/aromatic N) is 3. The predicted molar refractivity (Wildman–Crippen MR) is 118 cm³/mol. The Hall–Kier alpha value is -3.81. The van der Waals surface area contributed by atoms with Crippen molar-refractivity contribution in [2.45, 2.75) is 12.5 Å². The van der Waals surface area contributed by atoms with Crippen LogP contribution in [0.3, 0.4) is 0 Å². The summed E-state index contributed by atoms with van der Waals surface area (Å²) in [6.45, 7) is 1.07. The number of carbonyl (C=O) groups excluding carboxylic acids is 1. The molecule has 2 aromatic carbocycles. The minimum absolute atomic E-state index is 0.0787. The van der Waals surface area contributed by atoms with Crippen molar-refractivity contribution in [1.82, 2.24) is 9.58 Å². The molecule has 168 valence electrons. The lowest BCUT2D eigenvalue weighted by molar-refractivity contribution is 0.0667. The highest BCUT2D eigenvalue weighted by atomic mass is 19.1. The van der Waals surface area contributed by atoms with Gasteiger partial charge in [0.05, 0.1) is 6.61 Å². The Morgan fingerprint density at radius 2 is 1.82 bits per heavy atom. The number of rotatable bonds is 1. The summed E-state index contributed by atoms with van der Waals surface area (Å²) in [4.78, 5) is 27.2. The lowest BCUT2D eigenvalue weighted by Crippen LogP contribution is -2.55. The van der Waals surface area contributed by atoms with Gasteiger partial charge in [0.15, 0.2) is 23.0 Å². The number of aromatic nitrogens is 1. The fourth-order valence-electron chi connectivity index (χ4n) is 4.99. The number of pyridine rings is 1. The van der Waals surface area contributed by atoms with E-state index in [1.54, 1.807) is 11.0 Å². The van der Waals surface area contributed by atoms with Crippen LogP contribution in [0.15, 0.2) is 65.6 Å². The molecule has 1 unspecified atom stereocenters. The van der Waals surface area contributed by atoms with Crippen LogP contribution in [0.4, 0.5) is 4.39 Å². The number of hydrogen-bond acceptors (Lipinski definition) is 5. The first kappa shape index (κ1) is 19.8. The van der Waals surface area contributed by atoms with Gasteiger partial charge in [-0.15, -0.1) is 0 Å². The lowest BCUT2D eigenvalue weighted by atomic mass is 9.96. The van der Waals surface area contributed by atoms with Crippen LogP contribution in [-0.2, 0) is 0 Å². The van der Waals surface area contributed by atoms with Gasteiger partial charge in [-0.05, 0) is 29.9 Å². The van der Waals surface area contributed by atoms with Gasteiger partial charge in [0.1, 0.15) is 12.7 Å². The Morgan fingerprint density at radius 1 is 1.00 bits per heavy atom. The molecule has 3 aliphatic rings. The zero-order chi connectivity index (χ0) is 22.7. The van der Waals surface area contributed by atoms with Crippen molar-refractivity contribution in [2.24, 2.45) is 11.8 Å². The van der Waals surface area contributed by atoms with E-state index < -0.39 is 28.9 Å². The summed E-state index contributed by atoms with van der Waals surface area (Å²) >= 11 is 0. The molecule has 2 aliphatic heterocycles. The number of aromatic hydroxyl groups is 1. The van der Waals surface area contributed by atoms with E-state index in [0.29, 0.717) is 18.7 Å². The van der Waals surface area contributed by atoms with Crippen LogP contribution in [0.2, 0.25) is 0 Å². The van der Waals surface area contributed by atoms with Gasteiger partial charge in [-0.25, -0.2) is 4.39 Å². The highest BCUT2D eigenvalue weighted by molar-refractivity contribution is 5.96. The highest BCUT2D eigenvalue weighted by Gasteiger charge is 2.44. The summed E-state index contributed by atoms with van der Waals surface area (Å²) in [6, 6.07) is 15.1. The minimum Gasteiger partial charge on any atom is -0.502 e. The number of para-hydroxylation sites is 1. The molecule has 33 heavy (non-hydrogen) atoms. The van der Waals surface area contributed by atoms with Crippen molar-refractivity contribution in [3.8, 4) is 11.5 Å². The van der Waals surface area contributed by atoms with Gasteiger partial charge < -0.3 is 14.7 Å². The Balaban J connectivity index is 1.63. The monoisotopic (exact) mass is 447 g/mol. The Morgan fingerprint density at radius 3 is 2.64 bits per heavy atom. The van der Waals surface area contributed by atoms with E-state index >= 15 is 4.39 Å². The van der Waals surface area contributed by atoms with Crippen LogP contribution in [-0.4, -0.2) is 40.4 Å². The van der Waals surface area contributed by atoms with Crippen LogP contribution in [0.1, 0.15) is 34.1 Å². The standard InChI is InChI=1S/C25H22FN3O4/c26-19-8-4-7-18-21(15-5-2-1-3-6-15)29-14-27(12-16-11-17(16)13-33-24(18)19)25(32)22-23(31)20(30)9-10-28(22)29/h1-10,16-17,21,31H,11-14H2/t16-,17?,21+/m0/s1. The molecule has 3 heterocycles. The Kier molecular flexibility index (Phi) is 4.43. The van der Waals surface area contributed by atoms with Crippen molar-refractivity contribution in [3.63, 3.8) is 0 Å². The molecule has 8 heteroatoms. The predicted octanol–water partition coefficient (Wildman–Crippen LogP) is 2.86. The first-order valence-electron chi connectivity index (χ1n) is 11.0. The van der Waals surface area contributed by atoms with Crippen LogP contribution < -0.4 is 15.2 Å². The number of carbonyl (C=O) groups is 1. The molecule has 0 radical (unpaired) electrons. The zero-order valence-corrected chi connectivity index (χ0v) is 17.7.